The van der Waals surface area contributed by atoms with Gasteiger partial charge in [-0.25, -0.2) is 15.0 Å². The zero-order chi connectivity index (χ0) is 32.1. The molecule has 0 saturated heterocycles. The van der Waals surface area contributed by atoms with E-state index < -0.39 is 23.5 Å². The SMILES string of the molecule is Cc1cccc2cc(CN(Cc3cc(C(F)(F)F)cc(C(F)(F)F)c3)c3ncnc(N(C)C)n3)c(NC(C3CC3)C3CC3)nc12. The maximum absolute atomic E-state index is 13.7. The molecule has 7 nitrogen and oxygen atoms in total. The number of fused-ring (bicyclic) bond motifs is 1. The minimum atomic E-state index is -4.97. The molecule has 4 aromatic rings. The molecule has 2 heterocycles. The number of anilines is 3. The molecule has 0 radical (unpaired) electrons. The molecule has 0 aliphatic heterocycles. The highest BCUT2D eigenvalue weighted by molar-refractivity contribution is 5.84. The fraction of sp³-hybridized carbons (Fsp3) is 0.438. The average Bonchev–Trinajstić information content (AvgIpc) is 3.90. The first kappa shape index (κ1) is 30.8. The summed E-state index contributed by atoms with van der Waals surface area (Å²) in [6, 6.07) is 9.67. The molecule has 2 aromatic carbocycles. The predicted molar refractivity (Wildman–Crippen MR) is 160 cm³/mol. The van der Waals surface area contributed by atoms with Crippen molar-refractivity contribution in [2.75, 3.05) is 29.2 Å². The summed E-state index contributed by atoms with van der Waals surface area (Å²) in [5.74, 6) is 2.14. The molecule has 0 unspecified atom stereocenters. The molecule has 2 saturated carbocycles. The largest absolute Gasteiger partial charge is 0.416 e. The summed E-state index contributed by atoms with van der Waals surface area (Å²) in [6.07, 6.45) is -4.12. The third-order valence-electron chi connectivity index (χ3n) is 8.30. The zero-order valence-electron chi connectivity index (χ0n) is 25.0. The summed E-state index contributed by atoms with van der Waals surface area (Å²) in [5, 5.41) is 4.57. The van der Waals surface area contributed by atoms with E-state index in [4.69, 9.17) is 4.98 Å². The number of halogens is 6. The van der Waals surface area contributed by atoms with Crippen LogP contribution in [-0.2, 0) is 25.4 Å². The van der Waals surface area contributed by atoms with Gasteiger partial charge in [0.25, 0.3) is 0 Å². The minimum absolute atomic E-state index is 0.0652. The van der Waals surface area contributed by atoms with Crippen LogP contribution in [-0.4, -0.2) is 40.1 Å². The van der Waals surface area contributed by atoms with Crippen LogP contribution < -0.4 is 15.1 Å². The van der Waals surface area contributed by atoms with Gasteiger partial charge >= 0.3 is 12.4 Å². The molecule has 45 heavy (non-hydrogen) atoms. The van der Waals surface area contributed by atoms with Gasteiger partial charge in [0, 0.05) is 44.2 Å². The molecule has 13 heteroatoms. The Bertz CT molecular complexity index is 1650. The lowest BCUT2D eigenvalue weighted by molar-refractivity contribution is -0.143. The number of rotatable bonds is 10. The van der Waals surface area contributed by atoms with Gasteiger partial charge in [-0.1, -0.05) is 18.2 Å². The maximum Gasteiger partial charge on any atom is 0.416 e. The second kappa shape index (κ2) is 11.6. The number of nitrogens with one attached hydrogen (secondary N) is 1. The minimum Gasteiger partial charge on any atom is -0.366 e. The second-order valence-corrected chi connectivity index (χ2v) is 12.2. The van der Waals surface area contributed by atoms with E-state index in [1.54, 1.807) is 23.9 Å². The number of alkyl halides is 6. The normalized spacial score (nSPS) is 15.5. The second-order valence-electron chi connectivity index (χ2n) is 12.2. The van der Waals surface area contributed by atoms with Gasteiger partial charge in [-0.2, -0.15) is 31.3 Å². The van der Waals surface area contributed by atoms with Crippen molar-refractivity contribution in [3.05, 3.63) is 76.6 Å². The molecule has 238 valence electrons. The van der Waals surface area contributed by atoms with E-state index >= 15 is 0 Å². The van der Waals surface area contributed by atoms with E-state index in [-0.39, 0.29) is 42.7 Å². The predicted octanol–water partition coefficient (Wildman–Crippen LogP) is 7.64. The molecule has 0 spiro atoms. The van der Waals surface area contributed by atoms with E-state index in [1.807, 2.05) is 31.2 Å². The van der Waals surface area contributed by atoms with Crippen LogP contribution in [0.5, 0.6) is 0 Å². The van der Waals surface area contributed by atoms with Crippen LogP contribution in [0.3, 0.4) is 0 Å². The van der Waals surface area contributed by atoms with Gasteiger partial charge in [0.05, 0.1) is 16.6 Å². The van der Waals surface area contributed by atoms with Crippen molar-refractivity contribution in [3.8, 4) is 0 Å². The average molecular weight is 630 g/mol. The number of benzene rings is 2. The molecule has 2 aliphatic rings. The van der Waals surface area contributed by atoms with Gasteiger partial charge in [-0.15, -0.1) is 0 Å². The van der Waals surface area contributed by atoms with Crippen molar-refractivity contribution in [2.45, 2.75) is 64.1 Å². The van der Waals surface area contributed by atoms with Gasteiger partial charge < -0.3 is 15.1 Å². The van der Waals surface area contributed by atoms with Crippen LogP contribution in [0.25, 0.3) is 10.9 Å². The van der Waals surface area contributed by atoms with Crippen molar-refractivity contribution in [1.29, 1.82) is 0 Å². The summed E-state index contributed by atoms with van der Waals surface area (Å²) < 4.78 is 82.5. The van der Waals surface area contributed by atoms with Crippen molar-refractivity contribution in [1.82, 2.24) is 19.9 Å². The molecule has 2 aromatic heterocycles. The smallest absolute Gasteiger partial charge is 0.366 e. The zero-order valence-corrected chi connectivity index (χ0v) is 25.0. The molecular weight excluding hydrogens is 596 g/mol. The molecule has 6 rings (SSSR count). The molecular formula is C32H33F6N7. The number of aryl methyl sites for hydroxylation is 1. The van der Waals surface area contributed by atoms with Gasteiger partial charge in [-0.05, 0) is 79.8 Å². The van der Waals surface area contributed by atoms with Gasteiger partial charge in [-0.3, -0.25) is 0 Å². The monoisotopic (exact) mass is 629 g/mol. The summed E-state index contributed by atoms with van der Waals surface area (Å²) in [5.41, 5.74) is -0.391. The molecule has 0 atom stereocenters. The summed E-state index contributed by atoms with van der Waals surface area (Å²) in [6.45, 7) is 1.71. The first-order valence-corrected chi connectivity index (χ1v) is 14.8. The van der Waals surface area contributed by atoms with E-state index in [0.29, 0.717) is 17.7 Å². The standard InChI is InChI=1S/C32H33F6N7/c1-18-5-4-6-22-13-23(28(41-26(18)22)42-27(20-7-8-20)21-9-10-21)16-45(30-40-17-39-29(43-30)44(2)3)15-19-11-24(31(33,34)35)14-25(12-19)32(36,37)38/h4-6,11-14,17,20-21,27H,7-10,15-16H2,1-3H3,(H,41,42). The van der Waals surface area contributed by atoms with Crippen LogP contribution in [0, 0.1) is 18.8 Å². The molecule has 0 bridgehead atoms. The Balaban J connectivity index is 1.45. The van der Waals surface area contributed by atoms with Crippen LogP contribution in [0.4, 0.5) is 44.1 Å². The first-order chi connectivity index (χ1) is 21.3. The van der Waals surface area contributed by atoms with Crippen molar-refractivity contribution < 1.29 is 26.3 Å². The Morgan fingerprint density at radius 3 is 2.02 bits per heavy atom. The van der Waals surface area contributed by atoms with Gasteiger partial charge in [0.15, 0.2) is 0 Å². The first-order valence-electron chi connectivity index (χ1n) is 14.8. The number of hydrogen-bond acceptors (Lipinski definition) is 7. The van der Waals surface area contributed by atoms with Crippen LogP contribution in [0.2, 0.25) is 0 Å². The van der Waals surface area contributed by atoms with Crippen molar-refractivity contribution >= 4 is 28.6 Å². The lowest BCUT2D eigenvalue weighted by Crippen LogP contribution is -2.29. The molecule has 2 aliphatic carbocycles. The number of para-hydroxylation sites is 1. The quantitative estimate of drug-likeness (QED) is 0.181. The Morgan fingerprint density at radius 1 is 0.822 bits per heavy atom. The number of pyridine rings is 1. The van der Waals surface area contributed by atoms with Crippen LogP contribution >= 0.6 is 0 Å². The lowest BCUT2D eigenvalue weighted by atomic mass is 10.0. The molecule has 2 fully saturated rings. The highest BCUT2D eigenvalue weighted by Crippen LogP contribution is 2.46. The Hall–Kier alpha value is -4.16. The number of hydrogen-bond donors (Lipinski definition) is 1. The van der Waals surface area contributed by atoms with E-state index in [0.717, 1.165) is 59.8 Å². The number of nitrogens with zero attached hydrogens (tertiary/aromatic N) is 6. The highest BCUT2D eigenvalue weighted by atomic mass is 19.4. The fourth-order valence-electron chi connectivity index (χ4n) is 5.71. The maximum atomic E-state index is 13.7. The third kappa shape index (κ3) is 7.07. The van der Waals surface area contributed by atoms with E-state index in [1.165, 1.54) is 6.33 Å². The van der Waals surface area contributed by atoms with Crippen molar-refractivity contribution in [2.24, 2.45) is 11.8 Å². The summed E-state index contributed by atoms with van der Waals surface area (Å²) in [4.78, 5) is 21.2. The topological polar surface area (TPSA) is 70.1 Å². The highest BCUT2D eigenvalue weighted by Gasteiger charge is 2.42. The lowest BCUT2D eigenvalue weighted by Gasteiger charge is -2.27. The van der Waals surface area contributed by atoms with E-state index in [9.17, 15) is 26.3 Å². The Kier molecular flexibility index (Phi) is 7.98. The van der Waals surface area contributed by atoms with Crippen molar-refractivity contribution in [3.63, 3.8) is 0 Å². The fourth-order valence-corrected chi connectivity index (χ4v) is 5.71. The molecule has 0 amide bonds. The molecule has 1 N–H and O–H groups in total. The van der Waals surface area contributed by atoms with Gasteiger partial charge in [0.2, 0.25) is 11.9 Å². The van der Waals surface area contributed by atoms with Gasteiger partial charge in [0.1, 0.15) is 12.1 Å². The summed E-state index contributed by atoms with van der Waals surface area (Å²) in [7, 11) is 3.44. The number of aromatic nitrogens is 4. The third-order valence-corrected chi connectivity index (χ3v) is 8.30. The van der Waals surface area contributed by atoms with Crippen LogP contribution in [0.1, 0.15) is 53.5 Å². The summed E-state index contributed by atoms with van der Waals surface area (Å²) >= 11 is 0. The Morgan fingerprint density at radius 2 is 1.44 bits per heavy atom. The van der Waals surface area contributed by atoms with Crippen LogP contribution in [0.15, 0.2) is 48.8 Å². The van der Waals surface area contributed by atoms with E-state index in [2.05, 4.69) is 20.3 Å². The Labute approximate surface area is 256 Å².